The highest BCUT2D eigenvalue weighted by atomic mass is 16.4. The van der Waals surface area contributed by atoms with Gasteiger partial charge < -0.3 is 15.1 Å². The van der Waals surface area contributed by atoms with Gasteiger partial charge >= 0.3 is 12.1 Å². The predicted octanol–water partition coefficient (Wildman–Crippen LogP) is 2.55. The van der Waals surface area contributed by atoms with Crippen molar-refractivity contribution >= 4 is 12.1 Å². The zero-order valence-corrected chi connectivity index (χ0v) is 10.8. The summed E-state index contributed by atoms with van der Waals surface area (Å²) < 4.78 is 0. The molecule has 19 heavy (non-hydrogen) atoms. The van der Waals surface area contributed by atoms with Gasteiger partial charge in [0.15, 0.2) is 0 Å². The van der Waals surface area contributed by atoms with Gasteiger partial charge in [0.25, 0.3) is 0 Å². The van der Waals surface area contributed by atoms with E-state index in [-0.39, 0.29) is 5.92 Å². The monoisotopic (exact) mass is 263 g/mol. The molecule has 1 unspecified atom stereocenters. The van der Waals surface area contributed by atoms with Crippen molar-refractivity contribution in [2.75, 3.05) is 13.1 Å². The average Bonchev–Trinajstić information content (AvgIpc) is 2.39. The Kier molecular flexibility index (Phi) is 3.74. The number of benzene rings is 1. The second-order valence-electron chi connectivity index (χ2n) is 4.95. The van der Waals surface area contributed by atoms with Crippen molar-refractivity contribution in [2.45, 2.75) is 25.7 Å². The highest BCUT2D eigenvalue weighted by molar-refractivity contribution is 5.89. The van der Waals surface area contributed by atoms with Crippen molar-refractivity contribution in [1.82, 2.24) is 4.90 Å². The van der Waals surface area contributed by atoms with Gasteiger partial charge in [0.1, 0.15) is 0 Å². The van der Waals surface area contributed by atoms with Crippen LogP contribution in [0.4, 0.5) is 4.79 Å². The number of carbonyl (C=O) groups is 2. The zero-order valence-electron chi connectivity index (χ0n) is 10.8. The SMILES string of the molecule is Cc1ccc(C2CCCN(C(=O)O)C2)cc1C(=O)O. The summed E-state index contributed by atoms with van der Waals surface area (Å²) in [6.45, 7) is 2.76. The van der Waals surface area contributed by atoms with Crippen LogP contribution in [-0.4, -0.2) is 40.3 Å². The summed E-state index contributed by atoms with van der Waals surface area (Å²) in [5.74, 6) is -0.853. The second-order valence-corrected chi connectivity index (χ2v) is 4.95. The van der Waals surface area contributed by atoms with Gasteiger partial charge in [0.2, 0.25) is 0 Å². The highest BCUT2D eigenvalue weighted by Crippen LogP contribution is 2.28. The number of hydrogen-bond donors (Lipinski definition) is 2. The molecule has 1 amide bonds. The molecule has 1 aliphatic heterocycles. The maximum Gasteiger partial charge on any atom is 0.407 e. The van der Waals surface area contributed by atoms with E-state index in [1.807, 2.05) is 6.07 Å². The van der Waals surface area contributed by atoms with E-state index in [0.29, 0.717) is 18.7 Å². The first-order valence-corrected chi connectivity index (χ1v) is 6.30. The number of hydrogen-bond acceptors (Lipinski definition) is 2. The van der Waals surface area contributed by atoms with E-state index in [9.17, 15) is 9.59 Å². The van der Waals surface area contributed by atoms with Crippen LogP contribution in [-0.2, 0) is 0 Å². The van der Waals surface area contributed by atoms with Crippen LogP contribution in [0.25, 0.3) is 0 Å². The summed E-state index contributed by atoms with van der Waals surface area (Å²) in [5.41, 5.74) is 1.93. The minimum absolute atomic E-state index is 0.0866. The van der Waals surface area contributed by atoms with Gasteiger partial charge in [-0.05, 0) is 37.0 Å². The van der Waals surface area contributed by atoms with Crippen molar-refractivity contribution in [3.63, 3.8) is 0 Å². The molecule has 0 bridgehead atoms. The van der Waals surface area contributed by atoms with Gasteiger partial charge in [0, 0.05) is 19.0 Å². The van der Waals surface area contributed by atoms with Crippen LogP contribution in [0, 0.1) is 6.92 Å². The second kappa shape index (κ2) is 5.30. The first-order chi connectivity index (χ1) is 8.99. The van der Waals surface area contributed by atoms with Gasteiger partial charge in [-0.2, -0.15) is 0 Å². The fourth-order valence-corrected chi connectivity index (χ4v) is 2.55. The van der Waals surface area contributed by atoms with E-state index in [1.165, 1.54) is 4.90 Å². The molecule has 1 saturated heterocycles. The molecule has 0 saturated carbocycles. The van der Waals surface area contributed by atoms with Crippen LogP contribution in [0.3, 0.4) is 0 Å². The highest BCUT2D eigenvalue weighted by Gasteiger charge is 2.25. The standard InChI is InChI=1S/C14H17NO4/c1-9-4-5-10(7-12(9)13(16)17)11-3-2-6-15(8-11)14(18)19/h4-5,7,11H,2-3,6,8H2,1H3,(H,16,17)(H,18,19). The number of aryl methyl sites for hydroxylation is 1. The Labute approximate surface area is 111 Å². The van der Waals surface area contributed by atoms with Crippen LogP contribution in [0.15, 0.2) is 18.2 Å². The first-order valence-electron chi connectivity index (χ1n) is 6.30. The molecule has 5 nitrogen and oxygen atoms in total. The topological polar surface area (TPSA) is 77.8 Å². The molecule has 0 aromatic heterocycles. The summed E-state index contributed by atoms with van der Waals surface area (Å²) >= 11 is 0. The van der Waals surface area contributed by atoms with Gasteiger partial charge in [-0.15, -0.1) is 0 Å². The number of aromatic carboxylic acids is 1. The number of likely N-dealkylation sites (tertiary alicyclic amines) is 1. The maximum absolute atomic E-state index is 11.1. The van der Waals surface area contributed by atoms with Gasteiger partial charge in [-0.3, -0.25) is 0 Å². The van der Waals surface area contributed by atoms with Crippen LogP contribution in [0.2, 0.25) is 0 Å². The van der Waals surface area contributed by atoms with Crippen molar-refractivity contribution in [3.8, 4) is 0 Å². The summed E-state index contributed by atoms with van der Waals surface area (Å²) in [4.78, 5) is 23.5. The summed E-state index contributed by atoms with van der Waals surface area (Å²) in [5, 5.41) is 18.1. The molecule has 0 spiro atoms. The van der Waals surface area contributed by atoms with Crippen LogP contribution < -0.4 is 0 Å². The van der Waals surface area contributed by atoms with Gasteiger partial charge in [-0.1, -0.05) is 12.1 Å². The zero-order chi connectivity index (χ0) is 14.0. The molecule has 1 heterocycles. The molecule has 102 valence electrons. The Balaban J connectivity index is 2.24. The molecule has 1 aliphatic rings. The molecule has 1 atom stereocenters. The number of carboxylic acid groups (broad SMARTS) is 2. The van der Waals surface area contributed by atoms with E-state index in [1.54, 1.807) is 19.1 Å². The summed E-state index contributed by atoms with van der Waals surface area (Å²) in [6, 6.07) is 5.37. The molecule has 1 aromatic rings. The summed E-state index contributed by atoms with van der Waals surface area (Å²) in [6.07, 6.45) is 0.800. The largest absolute Gasteiger partial charge is 0.478 e. The van der Waals surface area contributed by atoms with E-state index >= 15 is 0 Å². The average molecular weight is 263 g/mol. The van der Waals surface area contributed by atoms with E-state index < -0.39 is 12.1 Å². The minimum atomic E-state index is -0.940. The molecule has 1 fully saturated rings. The quantitative estimate of drug-likeness (QED) is 0.859. The Bertz CT molecular complexity index is 512. The number of nitrogens with zero attached hydrogens (tertiary/aromatic N) is 1. The van der Waals surface area contributed by atoms with Gasteiger partial charge in [0.05, 0.1) is 5.56 Å². The Hall–Kier alpha value is -2.04. The van der Waals surface area contributed by atoms with E-state index in [4.69, 9.17) is 10.2 Å². The maximum atomic E-state index is 11.1. The molecule has 1 aromatic carbocycles. The smallest absolute Gasteiger partial charge is 0.407 e. The third-order valence-electron chi connectivity index (χ3n) is 3.66. The van der Waals surface area contributed by atoms with Crippen molar-refractivity contribution in [2.24, 2.45) is 0 Å². The first kappa shape index (κ1) is 13.4. The van der Waals surface area contributed by atoms with E-state index in [2.05, 4.69) is 0 Å². The lowest BCUT2D eigenvalue weighted by Crippen LogP contribution is -2.38. The molecule has 5 heteroatoms. The molecule has 2 rings (SSSR count). The molecule has 2 N–H and O–H groups in total. The molecular formula is C14H17NO4. The lowest BCUT2D eigenvalue weighted by molar-refractivity contribution is 0.0695. The van der Waals surface area contributed by atoms with Crippen LogP contribution >= 0.6 is 0 Å². The minimum Gasteiger partial charge on any atom is -0.478 e. The van der Waals surface area contributed by atoms with Crippen molar-refractivity contribution in [1.29, 1.82) is 0 Å². The molecule has 0 radical (unpaired) electrons. The van der Waals surface area contributed by atoms with E-state index in [0.717, 1.165) is 24.0 Å². The normalized spacial score (nSPS) is 19.2. The third-order valence-corrected chi connectivity index (χ3v) is 3.66. The Morgan fingerprint density at radius 1 is 1.32 bits per heavy atom. The lowest BCUT2D eigenvalue weighted by atomic mass is 9.89. The molecule has 0 aliphatic carbocycles. The summed E-state index contributed by atoms with van der Waals surface area (Å²) in [7, 11) is 0. The lowest BCUT2D eigenvalue weighted by Gasteiger charge is -2.31. The Morgan fingerprint density at radius 2 is 2.05 bits per heavy atom. The Morgan fingerprint density at radius 3 is 2.68 bits per heavy atom. The number of piperidine rings is 1. The fraction of sp³-hybridized carbons (Fsp3) is 0.429. The number of carboxylic acids is 1. The predicted molar refractivity (Wildman–Crippen MR) is 69.7 cm³/mol. The molecular weight excluding hydrogens is 246 g/mol. The van der Waals surface area contributed by atoms with Crippen molar-refractivity contribution < 1.29 is 19.8 Å². The number of amides is 1. The van der Waals surface area contributed by atoms with Crippen LogP contribution in [0.5, 0.6) is 0 Å². The third kappa shape index (κ3) is 2.86. The van der Waals surface area contributed by atoms with Gasteiger partial charge in [-0.25, -0.2) is 9.59 Å². The number of rotatable bonds is 2. The fourth-order valence-electron chi connectivity index (χ4n) is 2.55. The van der Waals surface area contributed by atoms with Crippen molar-refractivity contribution in [3.05, 3.63) is 34.9 Å². The van der Waals surface area contributed by atoms with Crippen LogP contribution in [0.1, 0.15) is 40.2 Å².